The molecule has 0 saturated carbocycles. The minimum Gasteiger partial charge on any atom is -0.318 e. The molecule has 0 fully saturated rings. The Morgan fingerprint density at radius 2 is 1.97 bits per heavy atom. The molecule has 0 bridgehead atoms. The van der Waals surface area contributed by atoms with Gasteiger partial charge in [0.05, 0.1) is 11.2 Å². The zero-order valence-electron chi connectivity index (χ0n) is 19.3. The first kappa shape index (κ1) is 27.6. The maximum absolute atomic E-state index is 13.9. The molecule has 35 heavy (non-hydrogen) atoms. The van der Waals surface area contributed by atoms with Gasteiger partial charge in [0, 0.05) is 33.3 Å². The smallest absolute Gasteiger partial charge is 0.168 e. The van der Waals surface area contributed by atoms with Crippen molar-refractivity contribution in [3.8, 4) is 0 Å². The minimum absolute atomic E-state index is 0.361. The van der Waals surface area contributed by atoms with Crippen LogP contribution in [0.1, 0.15) is 30.7 Å². The van der Waals surface area contributed by atoms with Crippen molar-refractivity contribution in [2.45, 2.75) is 41.6 Å². The fourth-order valence-electron chi connectivity index (χ4n) is 3.50. The predicted molar refractivity (Wildman–Crippen MR) is 145 cm³/mol. The van der Waals surface area contributed by atoms with Crippen molar-refractivity contribution < 1.29 is 8.78 Å². The quantitative estimate of drug-likeness (QED) is 0.156. The van der Waals surface area contributed by atoms with Gasteiger partial charge in [-0.3, -0.25) is 5.14 Å². The summed E-state index contributed by atoms with van der Waals surface area (Å²) in [6.45, 7) is 8.06. The minimum atomic E-state index is -0.468. The van der Waals surface area contributed by atoms with E-state index in [9.17, 15) is 8.78 Å². The maximum atomic E-state index is 13.9. The van der Waals surface area contributed by atoms with E-state index in [2.05, 4.69) is 25.4 Å². The Morgan fingerprint density at radius 1 is 1.20 bits per heavy atom. The number of aromatic nitrogens is 2. The van der Waals surface area contributed by atoms with E-state index < -0.39 is 11.2 Å². The number of halogens is 4. The number of allylic oxidation sites excluding steroid dienone is 5. The van der Waals surface area contributed by atoms with Crippen molar-refractivity contribution in [2.24, 2.45) is 5.14 Å². The van der Waals surface area contributed by atoms with Crippen molar-refractivity contribution in [3.63, 3.8) is 0 Å². The van der Waals surface area contributed by atoms with Gasteiger partial charge in [-0.05, 0) is 59.5 Å². The van der Waals surface area contributed by atoms with Gasteiger partial charge in [0.1, 0.15) is 11.6 Å². The van der Waals surface area contributed by atoms with Crippen molar-refractivity contribution >= 4 is 46.9 Å². The predicted octanol–water partition coefficient (Wildman–Crippen LogP) is 8.51. The number of thioether (sulfide) groups is 1. The van der Waals surface area contributed by atoms with Gasteiger partial charge in [-0.1, -0.05) is 79.7 Å². The van der Waals surface area contributed by atoms with Crippen LogP contribution in [0.3, 0.4) is 0 Å². The third-order valence-corrected chi connectivity index (χ3v) is 7.88. The lowest BCUT2D eigenvalue weighted by Crippen LogP contribution is -2.23. The Bertz CT molecular complexity index is 1270. The van der Waals surface area contributed by atoms with Gasteiger partial charge >= 0.3 is 0 Å². The molecule has 0 spiro atoms. The van der Waals surface area contributed by atoms with E-state index in [4.69, 9.17) is 28.3 Å². The Labute approximate surface area is 223 Å². The molecule has 0 unspecified atom stereocenters. The highest BCUT2D eigenvalue weighted by Crippen LogP contribution is 2.37. The summed E-state index contributed by atoms with van der Waals surface area (Å²) >= 11 is 15.2. The van der Waals surface area contributed by atoms with Crippen LogP contribution in [-0.2, 0) is 17.7 Å². The van der Waals surface area contributed by atoms with Crippen LogP contribution in [0, 0.1) is 5.82 Å². The summed E-state index contributed by atoms with van der Waals surface area (Å²) in [5.41, 5.74) is 2.24. The maximum Gasteiger partial charge on any atom is 0.168 e. The molecule has 0 atom stereocenters. The molecule has 3 aromatic rings. The topological polar surface area (TPSA) is 43.8 Å². The zero-order valence-corrected chi connectivity index (χ0v) is 22.4. The van der Waals surface area contributed by atoms with E-state index in [-0.39, 0.29) is 5.82 Å². The van der Waals surface area contributed by atoms with Gasteiger partial charge < -0.3 is 4.57 Å². The summed E-state index contributed by atoms with van der Waals surface area (Å²) in [5, 5.41) is 7.35. The lowest BCUT2D eigenvalue weighted by Gasteiger charge is -2.27. The summed E-state index contributed by atoms with van der Waals surface area (Å²) in [6.07, 6.45) is 7.63. The highest BCUT2D eigenvalue weighted by Gasteiger charge is 2.29. The first-order valence-electron chi connectivity index (χ1n) is 10.6. The molecule has 0 aliphatic heterocycles. The normalized spacial score (nSPS) is 12.5. The molecule has 0 radical (unpaired) electrons. The Kier molecular flexibility index (Phi) is 9.67. The van der Waals surface area contributed by atoms with Crippen LogP contribution in [-0.4, -0.2) is 9.55 Å². The highest BCUT2D eigenvalue weighted by atomic mass is 35.5. The van der Waals surface area contributed by atoms with Crippen LogP contribution >= 0.6 is 46.9 Å². The molecule has 2 aromatic carbocycles. The van der Waals surface area contributed by atoms with Crippen LogP contribution in [0.5, 0.6) is 0 Å². The molecule has 1 heterocycles. The van der Waals surface area contributed by atoms with Gasteiger partial charge in [0.15, 0.2) is 5.16 Å². The van der Waals surface area contributed by atoms with Crippen LogP contribution in [0.2, 0.25) is 10.0 Å². The van der Waals surface area contributed by atoms with Crippen LogP contribution in [0.15, 0.2) is 89.4 Å². The molecule has 1 aromatic heterocycles. The Balaban J connectivity index is 1.98. The molecule has 0 saturated heterocycles. The third kappa shape index (κ3) is 6.80. The summed E-state index contributed by atoms with van der Waals surface area (Å²) < 4.78 is 29.4. The van der Waals surface area contributed by atoms with Crippen molar-refractivity contribution in [1.82, 2.24) is 9.55 Å². The van der Waals surface area contributed by atoms with Crippen LogP contribution in [0.4, 0.5) is 8.78 Å². The average Bonchev–Trinajstić information content (AvgIpc) is 3.22. The number of nitrogens with two attached hydrogens (primary N) is 1. The van der Waals surface area contributed by atoms with Gasteiger partial charge in [0.2, 0.25) is 0 Å². The zero-order chi connectivity index (χ0) is 25.6. The molecule has 9 heteroatoms. The molecule has 3 rings (SSSR count). The molecule has 2 N–H and O–H groups in total. The lowest BCUT2D eigenvalue weighted by molar-refractivity contribution is 0.552. The second-order valence-electron chi connectivity index (χ2n) is 8.14. The number of rotatable bonds is 10. The molecule has 3 nitrogen and oxygen atoms in total. The van der Waals surface area contributed by atoms with Gasteiger partial charge in [0.25, 0.3) is 0 Å². The SMILES string of the molecule is C=C/C=C(F)\C=C/Cn1c(C(C)(C)c2ccc(SN)c(Cl)c2)cnc1SCc1ccc(F)cc1Cl. The third-order valence-electron chi connectivity index (χ3n) is 5.45. The van der Waals surface area contributed by atoms with Crippen molar-refractivity contribution in [3.05, 3.63) is 112 Å². The summed E-state index contributed by atoms with van der Waals surface area (Å²) in [7, 11) is 0. The van der Waals surface area contributed by atoms with Crippen LogP contribution in [0.25, 0.3) is 0 Å². The number of imidazole rings is 1. The van der Waals surface area contributed by atoms with E-state index >= 15 is 0 Å². The molecule has 184 valence electrons. The first-order chi connectivity index (χ1) is 16.7. The summed E-state index contributed by atoms with van der Waals surface area (Å²) in [6, 6.07) is 10.1. The number of hydrogen-bond acceptors (Lipinski definition) is 4. The van der Waals surface area contributed by atoms with Crippen molar-refractivity contribution in [2.75, 3.05) is 0 Å². The van der Waals surface area contributed by atoms with Crippen LogP contribution < -0.4 is 5.14 Å². The standard InChI is InChI=1S/C26H25Cl2F2N3S2/c1-4-6-19(29)7-5-12-33-24(26(2,3)18-9-11-23(35-31)22(28)13-18)15-32-25(33)34-16-17-8-10-20(30)14-21(17)27/h4-11,13-15H,1,12,16,31H2,2-3H3/b7-5-,19-6+. The van der Waals surface area contributed by atoms with Crippen molar-refractivity contribution in [1.29, 1.82) is 0 Å². The fraction of sp³-hybridized carbons (Fsp3) is 0.192. The number of benzene rings is 2. The second kappa shape index (κ2) is 12.3. The molecular formula is C26H25Cl2F2N3S2. The largest absolute Gasteiger partial charge is 0.318 e. The Morgan fingerprint density at radius 3 is 2.63 bits per heavy atom. The van der Waals surface area contributed by atoms with E-state index in [1.807, 2.05) is 29.0 Å². The van der Waals surface area contributed by atoms with Gasteiger partial charge in [-0.15, -0.1) is 0 Å². The van der Waals surface area contributed by atoms with E-state index in [1.54, 1.807) is 12.1 Å². The average molecular weight is 553 g/mol. The number of hydrogen-bond donors (Lipinski definition) is 1. The van der Waals surface area contributed by atoms with E-state index in [0.717, 1.165) is 38.8 Å². The first-order valence-corrected chi connectivity index (χ1v) is 13.2. The molecule has 0 aliphatic carbocycles. The van der Waals surface area contributed by atoms with E-state index in [0.29, 0.717) is 22.3 Å². The van der Waals surface area contributed by atoms with E-state index in [1.165, 1.54) is 42.1 Å². The highest BCUT2D eigenvalue weighted by molar-refractivity contribution is 7.98. The number of nitrogens with zero attached hydrogens (tertiary/aromatic N) is 2. The molecular weight excluding hydrogens is 527 g/mol. The summed E-state index contributed by atoms with van der Waals surface area (Å²) in [5.74, 6) is -0.278. The van der Waals surface area contributed by atoms with Gasteiger partial charge in [-0.25, -0.2) is 13.8 Å². The molecule has 0 aliphatic rings. The lowest BCUT2D eigenvalue weighted by atomic mass is 9.81. The summed E-state index contributed by atoms with van der Waals surface area (Å²) in [4.78, 5) is 5.44. The Hall–Kier alpha value is -2.03. The second-order valence-corrected chi connectivity index (χ2v) is 10.6. The fourth-order valence-corrected chi connectivity index (χ4v) is 5.44. The van der Waals surface area contributed by atoms with Gasteiger partial charge in [-0.2, -0.15) is 0 Å². The monoisotopic (exact) mass is 551 g/mol. The molecule has 0 amide bonds.